The summed E-state index contributed by atoms with van der Waals surface area (Å²) in [7, 11) is 1.59. The molecule has 0 aromatic heterocycles. The fraction of sp³-hybridized carbons (Fsp3) is 0.0769. The number of hydrogen-bond donors (Lipinski definition) is 0. The molecule has 0 aliphatic carbocycles. The molecule has 0 amide bonds. The number of methoxy groups -OCH3 is 1. The second-order valence-electron chi connectivity index (χ2n) is 3.13. The first-order valence-electron chi connectivity index (χ1n) is 4.77. The molecule has 0 aliphatic heterocycles. The molecular formula is C13H10FO2. The Bertz CT molecular complexity index is 466. The quantitative estimate of drug-likeness (QED) is 0.784. The lowest BCUT2D eigenvalue weighted by Gasteiger charge is -2.06. The van der Waals surface area contributed by atoms with Gasteiger partial charge in [-0.2, -0.15) is 0 Å². The van der Waals surface area contributed by atoms with Crippen molar-refractivity contribution in [3.8, 4) is 17.2 Å². The van der Waals surface area contributed by atoms with Gasteiger partial charge in [-0.25, -0.2) is 4.39 Å². The largest absolute Gasteiger partial charge is 0.497 e. The average Bonchev–Trinajstić information content (AvgIpc) is 2.33. The van der Waals surface area contributed by atoms with Gasteiger partial charge in [0.25, 0.3) is 0 Å². The molecule has 0 bridgehead atoms. The van der Waals surface area contributed by atoms with Crippen LogP contribution in [0.4, 0.5) is 4.39 Å². The molecule has 2 aromatic carbocycles. The number of halogens is 1. The van der Waals surface area contributed by atoms with E-state index in [9.17, 15) is 4.39 Å². The Morgan fingerprint density at radius 2 is 1.75 bits per heavy atom. The molecule has 0 unspecified atom stereocenters. The van der Waals surface area contributed by atoms with E-state index in [-0.39, 0.29) is 5.75 Å². The van der Waals surface area contributed by atoms with E-state index < -0.39 is 5.82 Å². The molecule has 0 N–H and O–H groups in total. The maximum absolute atomic E-state index is 13.2. The van der Waals surface area contributed by atoms with Gasteiger partial charge in [0, 0.05) is 6.07 Å². The predicted molar refractivity (Wildman–Crippen MR) is 58.3 cm³/mol. The van der Waals surface area contributed by atoms with Crippen LogP contribution in [-0.2, 0) is 0 Å². The van der Waals surface area contributed by atoms with Crippen molar-refractivity contribution in [1.82, 2.24) is 0 Å². The van der Waals surface area contributed by atoms with Crippen LogP contribution in [0.15, 0.2) is 42.5 Å². The van der Waals surface area contributed by atoms with Crippen molar-refractivity contribution in [3.63, 3.8) is 0 Å². The van der Waals surface area contributed by atoms with Crippen LogP contribution in [0.2, 0.25) is 0 Å². The van der Waals surface area contributed by atoms with Crippen LogP contribution >= 0.6 is 0 Å². The maximum Gasteiger partial charge on any atom is 0.173 e. The van der Waals surface area contributed by atoms with Crippen molar-refractivity contribution in [2.45, 2.75) is 0 Å². The van der Waals surface area contributed by atoms with E-state index >= 15 is 0 Å². The highest BCUT2D eigenvalue weighted by Crippen LogP contribution is 2.25. The minimum absolute atomic E-state index is 0.160. The molecule has 0 spiro atoms. The van der Waals surface area contributed by atoms with Gasteiger partial charge in [0.1, 0.15) is 11.5 Å². The molecule has 0 heterocycles. The molecule has 0 fully saturated rings. The van der Waals surface area contributed by atoms with Gasteiger partial charge in [-0.05, 0) is 30.3 Å². The van der Waals surface area contributed by atoms with Crippen molar-refractivity contribution < 1.29 is 13.9 Å². The Morgan fingerprint density at radius 1 is 1.06 bits per heavy atom. The number of ether oxygens (including phenoxy) is 2. The topological polar surface area (TPSA) is 18.5 Å². The van der Waals surface area contributed by atoms with Crippen LogP contribution in [0.5, 0.6) is 17.2 Å². The van der Waals surface area contributed by atoms with Crippen molar-refractivity contribution >= 4 is 0 Å². The van der Waals surface area contributed by atoms with Crippen LogP contribution in [0.25, 0.3) is 0 Å². The predicted octanol–water partition coefficient (Wildman–Crippen LogP) is 3.43. The fourth-order valence-electron chi connectivity index (χ4n) is 1.25. The summed E-state index contributed by atoms with van der Waals surface area (Å²) in [6.07, 6.45) is 0. The first-order chi connectivity index (χ1) is 7.79. The molecule has 0 aliphatic rings. The maximum atomic E-state index is 13.2. The van der Waals surface area contributed by atoms with Gasteiger partial charge in [0.15, 0.2) is 11.6 Å². The summed E-state index contributed by atoms with van der Waals surface area (Å²) in [6, 6.07) is 14.1. The summed E-state index contributed by atoms with van der Waals surface area (Å²) in [6.45, 7) is 0. The molecule has 3 heteroatoms. The van der Waals surface area contributed by atoms with Crippen molar-refractivity contribution in [1.29, 1.82) is 0 Å². The molecule has 81 valence electrons. The fourth-order valence-corrected chi connectivity index (χ4v) is 1.25. The van der Waals surface area contributed by atoms with E-state index in [1.54, 1.807) is 43.5 Å². The summed E-state index contributed by atoms with van der Waals surface area (Å²) < 4.78 is 23.6. The van der Waals surface area contributed by atoms with E-state index in [0.717, 1.165) is 5.75 Å². The van der Waals surface area contributed by atoms with E-state index in [4.69, 9.17) is 9.47 Å². The van der Waals surface area contributed by atoms with Crippen molar-refractivity contribution in [3.05, 3.63) is 54.3 Å². The van der Waals surface area contributed by atoms with E-state index in [2.05, 4.69) is 6.07 Å². The SMILES string of the molecule is COc1ccc(Oc2ccc[c]c2F)cc1. The summed E-state index contributed by atoms with van der Waals surface area (Å²) in [5.41, 5.74) is 0. The highest BCUT2D eigenvalue weighted by molar-refractivity contribution is 5.35. The lowest BCUT2D eigenvalue weighted by atomic mass is 10.3. The van der Waals surface area contributed by atoms with Crippen molar-refractivity contribution in [2.24, 2.45) is 0 Å². The number of rotatable bonds is 3. The highest BCUT2D eigenvalue weighted by atomic mass is 19.1. The third-order valence-corrected chi connectivity index (χ3v) is 2.06. The third-order valence-electron chi connectivity index (χ3n) is 2.06. The van der Waals surface area contributed by atoms with E-state index in [1.165, 1.54) is 6.07 Å². The van der Waals surface area contributed by atoms with Crippen LogP contribution in [0.3, 0.4) is 0 Å². The van der Waals surface area contributed by atoms with Crippen LogP contribution in [-0.4, -0.2) is 7.11 Å². The second kappa shape index (κ2) is 4.66. The third kappa shape index (κ3) is 2.31. The average molecular weight is 217 g/mol. The molecule has 0 saturated carbocycles. The Balaban J connectivity index is 2.18. The molecule has 1 radical (unpaired) electrons. The van der Waals surface area contributed by atoms with E-state index in [0.29, 0.717) is 5.75 Å². The Hall–Kier alpha value is -2.03. The minimum Gasteiger partial charge on any atom is -0.497 e. The van der Waals surface area contributed by atoms with Crippen LogP contribution < -0.4 is 9.47 Å². The van der Waals surface area contributed by atoms with Gasteiger partial charge in [-0.15, -0.1) is 0 Å². The first-order valence-corrected chi connectivity index (χ1v) is 4.77. The molecule has 16 heavy (non-hydrogen) atoms. The van der Waals surface area contributed by atoms with E-state index in [1.807, 2.05) is 0 Å². The van der Waals surface area contributed by atoms with Gasteiger partial charge in [-0.1, -0.05) is 12.1 Å². The molecule has 0 atom stereocenters. The van der Waals surface area contributed by atoms with Gasteiger partial charge >= 0.3 is 0 Å². The summed E-state index contributed by atoms with van der Waals surface area (Å²) in [5.74, 6) is 0.942. The van der Waals surface area contributed by atoms with Crippen LogP contribution in [0.1, 0.15) is 0 Å². The zero-order valence-corrected chi connectivity index (χ0v) is 8.74. The summed E-state index contributed by atoms with van der Waals surface area (Å²) in [5, 5.41) is 0. The number of benzene rings is 2. The molecular weight excluding hydrogens is 207 g/mol. The summed E-state index contributed by atoms with van der Waals surface area (Å²) in [4.78, 5) is 0. The molecule has 2 nitrogen and oxygen atoms in total. The van der Waals surface area contributed by atoms with Gasteiger partial charge in [-0.3, -0.25) is 0 Å². The summed E-state index contributed by atoms with van der Waals surface area (Å²) >= 11 is 0. The lowest BCUT2D eigenvalue weighted by molar-refractivity contribution is 0.411. The minimum atomic E-state index is -0.502. The Labute approximate surface area is 93.2 Å². The number of hydrogen-bond acceptors (Lipinski definition) is 2. The first kappa shape index (κ1) is 10.5. The normalized spacial score (nSPS) is 9.88. The van der Waals surface area contributed by atoms with Crippen molar-refractivity contribution in [2.75, 3.05) is 7.11 Å². The van der Waals surface area contributed by atoms with Gasteiger partial charge in [0.2, 0.25) is 0 Å². The standard InChI is InChI=1S/C13H10FO2/c1-15-10-6-8-11(9-7-10)16-13-5-3-2-4-12(13)14/h2-3,5-9H,1H3. The highest BCUT2D eigenvalue weighted by Gasteiger charge is 2.03. The molecule has 2 rings (SSSR count). The zero-order valence-electron chi connectivity index (χ0n) is 8.74. The van der Waals surface area contributed by atoms with Crippen LogP contribution in [0, 0.1) is 11.9 Å². The molecule has 0 saturated heterocycles. The monoisotopic (exact) mass is 217 g/mol. The lowest BCUT2D eigenvalue weighted by Crippen LogP contribution is -1.88. The zero-order chi connectivity index (χ0) is 11.4. The second-order valence-corrected chi connectivity index (χ2v) is 3.13. The molecule has 2 aromatic rings. The smallest absolute Gasteiger partial charge is 0.173 e. The Kier molecular flexibility index (Phi) is 3.05. The van der Waals surface area contributed by atoms with Gasteiger partial charge in [0.05, 0.1) is 7.11 Å². The van der Waals surface area contributed by atoms with Gasteiger partial charge < -0.3 is 9.47 Å². The Morgan fingerprint density at radius 3 is 2.38 bits per heavy atom.